The smallest absolute Gasteiger partial charge is 0.254 e. The van der Waals surface area contributed by atoms with Crippen molar-refractivity contribution in [3.05, 3.63) is 28.8 Å². The van der Waals surface area contributed by atoms with Gasteiger partial charge in [-0.15, -0.1) is 0 Å². The van der Waals surface area contributed by atoms with Gasteiger partial charge in [-0.05, 0) is 0 Å². The fourth-order valence-electron chi connectivity index (χ4n) is 3.30. The highest BCUT2D eigenvalue weighted by atomic mass is 19.3. The second-order valence-corrected chi connectivity index (χ2v) is 6.37. The summed E-state index contributed by atoms with van der Waals surface area (Å²) in [6.45, 7) is -0.0398. The van der Waals surface area contributed by atoms with Gasteiger partial charge in [-0.25, -0.2) is 18.2 Å². The number of carbonyl (C=O) groups is 1. The van der Waals surface area contributed by atoms with Gasteiger partial charge >= 0.3 is 0 Å². The first-order chi connectivity index (χ1) is 12.3. The number of aromatic nitrogens is 1. The molecule has 26 heavy (non-hydrogen) atoms. The Bertz CT molecular complexity index is 795. The van der Waals surface area contributed by atoms with Crippen LogP contribution in [0.1, 0.15) is 34.5 Å². The number of anilines is 1. The lowest BCUT2D eigenvalue weighted by molar-refractivity contribution is 0.00733. The summed E-state index contributed by atoms with van der Waals surface area (Å²) < 4.78 is 41.9. The van der Waals surface area contributed by atoms with Gasteiger partial charge in [0, 0.05) is 62.1 Å². The third kappa shape index (κ3) is 3.12. The Morgan fingerprint density at radius 2 is 2.19 bits per heavy atom. The molecule has 1 aliphatic carbocycles. The Hall–Kier alpha value is -2.62. The second-order valence-electron chi connectivity index (χ2n) is 6.37. The number of carbonyl (C=O) groups excluding carboxylic acids is 1. The Balaban J connectivity index is 2.06. The van der Waals surface area contributed by atoms with Crippen molar-refractivity contribution in [2.24, 2.45) is 5.73 Å². The molecule has 7 nitrogen and oxygen atoms in total. The van der Waals surface area contributed by atoms with Crippen LogP contribution in [0.3, 0.4) is 0 Å². The number of amides is 1. The van der Waals surface area contributed by atoms with Crippen LogP contribution in [0.15, 0.2) is 6.20 Å². The maximum absolute atomic E-state index is 14.8. The van der Waals surface area contributed by atoms with Crippen LogP contribution in [0.2, 0.25) is 0 Å². The van der Waals surface area contributed by atoms with Gasteiger partial charge in [0.2, 0.25) is 0 Å². The van der Waals surface area contributed by atoms with E-state index in [1.54, 1.807) is 7.05 Å². The highest BCUT2D eigenvalue weighted by Gasteiger charge is 2.45. The van der Waals surface area contributed by atoms with E-state index < -0.39 is 42.6 Å². The summed E-state index contributed by atoms with van der Waals surface area (Å²) in [6.07, 6.45) is 1.40. The molecule has 0 unspecified atom stereocenters. The highest BCUT2D eigenvalue weighted by Crippen LogP contribution is 2.37. The van der Waals surface area contributed by atoms with E-state index in [0.29, 0.717) is 0 Å². The van der Waals surface area contributed by atoms with Crippen molar-refractivity contribution in [1.82, 2.24) is 15.6 Å². The first kappa shape index (κ1) is 18.2. The molecule has 140 valence electrons. The van der Waals surface area contributed by atoms with Crippen molar-refractivity contribution in [2.75, 3.05) is 12.4 Å². The molecule has 1 aromatic rings. The molecule has 2 heterocycles. The second kappa shape index (κ2) is 6.60. The number of hydrogen-bond acceptors (Lipinski definition) is 6. The van der Waals surface area contributed by atoms with Gasteiger partial charge in [0.1, 0.15) is 0 Å². The average molecular weight is 368 g/mol. The number of pyridine rings is 1. The molecule has 0 spiro atoms. The molecule has 2 aliphatic rings. The van der Waals surface area contributed by atoms with E-state index in [1.807, 2.05) is 0 Å². The zero-order chi connectivity index (χ0) is 19.1. The van der Waals surface area contributed by atoms with Crippen molar-refractivity contribution in [2.45, 2.75) is 37.4 Å². The van der Waals surface area contributed by atoms with Crippen LogP contribution in [0.5, 0.6) is 0 Å². The van der Waals surface area contributed by atoms with Crippen molar-refractivity contribution in [3.63, 3.8) is 0 Å². The number of nitrogens with zero attached hydrogens (tertiary/aromatic N) is 1. The van der Waals surface area contributed by atoms with E-state index in [9.17, 15) is 18.0 Å². The molecule has 1 amide bonds. The van der Waals surface area contributed by atoms with E-state index >= 15 is 0 Å². The predicted octanol–water partition coefficient (Wildman–Crippen LogP) is 1.21. The molecular formula is C16H19F3N6O. The number of allylic oxidation sites excluding steroid dienone is 1. The summed E-state index contributed by atoms with van der Waals surface area (Å²) in [6, 6.07) is -1.70. The summed E-state index contributed by atoms with van der Waals surface area (Å²) >= 11 is 0. The fraction of sp³-hybridized carbons (Fsp3) is 0.438. The van der Waals surface area contributed by atoms with Crippen LogP contribution in [-0.2, 0) is 6.54 Å². The van der Waals surface area contributed by atoms with Crippen LogP contribution in [0.4, 0.5) is 19.0 Å². The van der Waals surface area contributed by atoms with E-state index in [-0.39, 0.29) is 34.8 Å². The number of nitrogens with one attached hydrogen (secondary N) is 4. The molecule has 0 aromatic carbocycles. The van der Waals surface area contributed by atoms with Gasteiger partial charge < -0.3 is 27.1 Å². The highest BCUT2D eigenvalue weighted by molar-refractivity contribution is 6.13. The number of hydrogen-bond donors (Lipinski definition) is 5. The minimum Gasteiger partial charge on any atom is -0.393 e. The number of rotatable bonds is 5. The maximum atomic E-state index is 14.8. The van der Waals surface area contributed by atoms with Crippen molar-refractivity contribution < 1.29 is 18.0 Å². The van der Waals surface area contributed by atoms with E-state index in [4.69, 9.17) is 11.1 Å². The third-order valence-corrected chi connectivity index (χ3v) is 4.51. The van der Waals surface area contributed by atoms with Gasteiger partial charge in [-0.3, -0.25) is 4.79 Å². The standard InChI is InChI=1S/C16H19F3N6O/c1-22-5-7(4-20)13-11-8(6-23-15(11)26)12(17)14(25-13)24-10-3-16(18,19)2-9(10)21/h4-5,9-10,20,22H,2-3,6,21H2,1H3,(H,23,26)(H,24,25)/b7-5+,20-4?/t9-,10+/m0/s1. The van der Waals surface area contributed by atoms with Gasteiger partial charge in [0.15, 0.2) is 11.6 Å². The minimum atomic E-state index is -2.92. The topological polar surface area (TPSA) is 116 Å². The lowest BCUT2D eigenvalue weighted by Gasteiger charge is -2.19. The molecule has 0 radical (unpaired) electrons. The lowest BCUT2D eigenvalue weighted by atomic mass is 10.0. The third-order valence-electron chi connectivity index (χ3n) is 4.51. The molecule has 0 bridgehead atoms. The normalized spacial score (nSPS) is 24.2. The molecule has 0 saturated heterocycles. The monoisotopic (exact) mass is 368 g/mol. The molecule has 2 atom stereocenters. The minimum absolute atomic E-state index is 0.0398. The SMILES string of the molecule is CN/C=C(\C=N)c1nc(N[C@@H]2CC(F)(F)C[C@@H]2N)c(F)c2c1C(=O)NC2. The zero-order valence-electron chi connectivity index (χ0n) is 14.0. The molecule has 1 aliphatic heterocycles. The lowest BCUT2D eigenvalue weighted by Crippen LogP contribution is -2.36. The largest absolute Gasteiger partial charge is 0.393 e. The van der Waals surface area contributed by atoms with Crippen LogP contribution >= 0.6 is 0 Å². The van der Waals surface area contributed by atoms with E-state index in [1.165, 1.54) is 6.20 Å². The quantitative estimate of drug-likeness (QED) is 0.501. The number of fused-ring (bicyclic) bond motifs is 1. The molecule has 10 heteroatoms. The van der Waals surface area contributed by atoms with E-state index in [0.717, 1.165) is 6.21 Å². The first-order valence-corrected chi connectivity index (χ1v) is 8.06. The summed E-state index contributed by atoms with van der Waals surface area (Å²) in [5.41, 5.74) is 6.22. The van der Waals surface area contributed by atoms with E-state index in [2.05, 4.69) is 20.9 Å². The van der Waals surface area contributed by atoms with Crippen LogP contribution in [0.25, 0.3) is 5.57 Å². The molecule has 1 fully saturated rings. The molecule has 1 saturated carbocycles. The maximum Gasteiger partial charge on any atom is 0.254 e. The molecule has 1 aromatic heterocycles. The molecule has 6 N–H and O–H groups in total. The zero-order valence-corrected chi connectivity index (χ0v) is 14.0. The Morgan fingerprint density at radius 1 is 1.46 bits per heavy atom. The Kier molecular flexibility index (Phi) is 4.61. The number of halogens is 3. The summed E-state index contributed by atoms with van der Waals surface area (Å²) in [7, 11) is 1.60. The van der Waals surface area contributed by atoms with Gasteiger partial charge in [-0.2, -0.15) is 0 Å². The van der Waals surface area contributed by atoms with Crippen LogP contribution in [0, 0.1) is 11.2 Å². The van der Waals surface area contributed by atoms with Gasteiger partial charge in [0.05, 0.1) is 11.3 Å². The van der Waals surface area contributed by atoms with Crippen LogP contribution in [-0.4, -0.2) is 42.2 Å². The summed E-state index contributed by atoms with van der Waals surface area (Å²) in [5, 5.41) is 15.4. The number of alkyl halides is 2. The molecule has 3 rings (SSSR count). The predicted molar refractivity (Wildman–Crippen MR) is 90.8 cm³/mol. The fourth-order valence-corrected chi connectivity index (χ4v) is 3.30. The Labute approximate surface area is 147 Å². The van der Waals surface area contributed by atoms with Gasteiger partial charge in [-0.1, -0.05) is 0 Å². The molecular weight excluding hydrogens is 349 g/mol. The van der Waals surface area contributed by atoms with Crippen molar-refractivity contribution in [1.29, 1.82) is 5.41 Å². The Morgan fingerprint density at radius 3 is 2.77 bits per heavy atom. The van der Waals surface area contributed by atoms with Crippen LogP contribution < -0.4 is 21.7 Å². The summed E-state index contributed by atoms with van der Waals surface area (Å²) in [5.74, 6) is -4.45. The first-order valence-electron chi connectivity index (χ1n) is 8.06. The number of nitrogens with two attached hydrogens (primary N) is 1. The van der Waals surface area contributed by atoms with Gasteiger partial charge in [0.25, 0.3) is 11.8 Å². The van der Waals surface area contributed by atoms with Crippen molar-refractivity contribution in [3.8, 4) is 0 Å². The summed E-state index contributed by atoms with van der Waals surface area (Å²) in [4.78, 5) is 16.2. The van der Waals surface area contributed by atoms with Crippen molar-refractivity contribution >= 4 is 23.5 Å². The average Bonchev–Trinajstić information content (AvgIpc) is 3.07.